The Morgan fingerprint density at radius 3 is 2.00 bits per heavy atom. The van der Waals surface area contributed by atoms with E-state index in [1.807, 2.05) is 0 Å². The van der Waals surface area contributed by atoms with E-state index in [0.29, 0.717) is 0 Å². The van der Waals surface area contributed by atoms with E-state index in [-0.39, 0.29) is 0 Å². The molecule has 1 N–H and O–H groups in total. The molecule has 0 aromatic rings. The zero-order valence-corrected chi connectivity index (χ0v) is 2.66. The van der Waals surface area contributed by atoms with Crippen LogP contribution in [0.4, 0.5) is 0 Å². The van der Waals surface area contributed by atoms with Crippen LogP contribution in [-0.2, 0) is 10.9 Å². The second-order valence-electron chi connectivity index (χ2n) is 0.276. The summed E-state index contributed by atoms with van der Waals surface area (Å²) in [5, 5.41) is 0. The molecule has 1 atom stereocenters. The van der Waals surface area contributed by atoms with Crippen molar-refractivity contribution in [1.29, 1.82) is 0 Å². The molecule has 22 valence electrons. The van der Waals surface area contributed by atoms with E-state index in [9.17, 15) is 0 Å². The van der Waals surface area contributed by atoms with Crippen LogP contribution in [0.3, 0.4) is 0 Å². The first-order valence-corrected chi connectivity index (χ1v) is 1.75. The van der Waals surface area contributed by atoms with Gasteiger partial charge in [0.05, 0.1) is 10.9 Å². The second kappa shape index (κ2) is 1.49. The van der Waals surface area contributed by atoms with Crippen LogP contribution in [0.5, 0.6) is 0 Å². The van der Waals surface area contributed by atoms with Gasteiger partial charge in [0.1, 0.15) is 0 Å². The highest BCUT2D eigenvalue weighted by Crippen LogP contribution is 1.42. The molecule has 0 aliphatic carbocycles. The van der Waals surface area contributed by atoms with Crippen LogP contribution in [0.25, 0.3) is 0 Å². The van der Waals surface area contributed by atoms with Crippen LogP contribution >= 0.6 is 0 Å². The third-order valence-corrected chi connectivity index (χ3v) is 0. The minimum Gasteiger partial charge on any atom is -0.316 e. The fraction of sp³-hybridized carbons (Fsp3) is 0. The quantitative estimate of drug-likeness (QED) is 0.305. The molecule has 2 radical (unpaired) electrons. The Hall–Kier alpha value is 0.175. The fourth-order valence-corrected chi connectivity index (χ4v) is 0. The molecule has 1 unspecified atom stereocenters. The molecule has 0 spiro atoms. The van der Waals surface area contributed by atoms with Crippen molar-refractivity contribution in [2.24, 2.45) is 0 Å². The molecule has 4 heteroatoms. The van der Waals surface area contributed by atoms with Crippen molar-refractivity contribution in [2.75, 3.05) is 0 Å². The Morgan fingerprint density at radius 2 is 2.00 bits per heavy atom. The predicted molar refractivity (Wildman–Crippen MR) is 16.5 cm³/mol. The zero-order chi connectivity index (χ0) is 3.58. The molecule has 0 heterocycles. The summed E-state index contributed by atoms with van der Waals surface area (Å²) in [6.45, 7) is 0. The van der Waals surface area contributed by atoms with Crippen LogP contribution in [0, 0.1) is 0 Å². The van der Waals surface area contributed by atoms with Gasteiger partial charge in [-0.25, -0.2) is 4.21 Å². The minimum absolute atomic E-state index is 2.11. The van der Waals surface area contributed by atoms with Crippen LogP contribution in [-0.4, -0.2) is 15.9 Å². The van der Waals surface area contributed by atoms with E-state index in [0.717, 1.165) is 0 Å². The van der Waals surface area contributed by atoms with Crippen molar-refractivity contribution >= 4 is 18.1 Å². The second-order valence-corrected chi connectivity index (χ2v) is 0.829. The fourth-order valence-electron chi connectivity index (χ4n) is 0. The molecule has 0 aromatic carbocycles. The molecular formula is HBO2S. The van der Waals surface area contributed by atoms with Crippen LogP contribution in [0.1, 0.15) is 0 Å². The summed E-state index contributed by atoms with van der Waals surface area (Å²) in [6.07, 6.45) is 0. The lowest BCUT2D eigenvalue weighted by molar-refractivity contribution is 0.580. The maximum Gasteiger partial charge on any atom is 0.251 e. The topological polar surface area (TPSA) is 37.3 Å². The molecule has 0 aliphatic heterocycles. The van der Waals surface area contributed by atoms with E-state index in [1.165, 1.54) is 0 Å². The van der Waals surface area contributed by atoms with Gasteiger partial charge >= 0.3 is 0 Å². The molecular weight excluding hydrogens is 74.9 g/mol. The Morgan fingerprint density at radius 1 is 2.00 bits per heavy atom. The Kier molecular flexibility index (Phi) is 1.56. The molecule has 2 nitrogen and oxygen atoms in total. The van der Waals surface area contributed by atoms with Gasteiger partial charge < -0.3 is 4.55 Å². The Bertz CT molecular complexity index is 29.0. The van der Waals surface area contributed by atoms with Gasteiger partial charge in [-0.3, -0.25) is 0 Å². The lowest BCUT2D eigenvalue weighted by Gasteiger charge is -1.60. The van der Waals surface area contributed by atoms with Crippen molar-refractivity contribution in [3.8, 4) is 0 Å². The van der Waals surface area contributed by atoms with Crippen LogP contribution in [0.15, 0.2) is 0 Å². The van der Waals surface area contributed by atoms with Gasteiger partial charge in [0.2, 0.25) is 0 Å². The predicted octanol–water partition coefficient (Wildman–Crippen LogP) is -0.708. The number of hydrogen-bond donors (Lipinski definition) is 1. The molecule has 0 saturated carbocycles. The van der Waals surface area contributed by atoms with Crippen molar-refractivity contribution < 1.29 is 8.76 Å². The van der Waals surface area contributed by atoms with E-state index in [4.69, 9.17) is 8.76 Å². The molecule has 0 aliphatic rings. The summed E-state index contributed by atoms with van der Waals surface area (Å²) in [4.78, 5) is 0. The first-order valence-electron chi connectivity index (χ1n) is 0.585. The minimum atomic E-state index is -2.11. The van der Waals surface area contributed by atoms with Gasteiger partial charge in [0.25, 0.3) is 7.12 Å². The molecule has 0 aromatic heterocycles. The molecule has 4 heavy (non-hydrogen) atoms. The molecule has 0 bridgehead atoms. The lowest BCUT2D eigenvalue weighted by Crippen LogP contribution is -1.76. The Balaban J connectivity index is 2.80. The van der Waals surface area contributed by atoms with Gasteiger partial charge in [-0.05, 0) is 0 Å². The van der Waals surface area contributed by atoms with E-state index in [1.54, 1.807) is 0 Å². The average Bonchev–Trinajstić information content (AvgIpc) is 0.811. The van der Waals surface area contributed by atoms with Gasteiger partial charge in [-0.1, -0.05) is 0 Å². The molecule has 0 fully saturated rings. The van der Waals surface area contributed by atoms with E-state index >= 15 is 0 Å². The van der Waals surface area contributed by atoms with Crippen LogP contribution in [0.2, 0.25) is 0 Å². The van der Waals surface area contributed by atoms with Gasteiger partial charge in [0, 0.05) is 0 Å². The molecule has 0 rings (SSSR count). The molecule has 0 amide bonds. The van der Waals surface area contributed by atoms with Crippen molar-refractivity contribution in [2.45, 2.75) is 0 Å². The summed E-state index contributed by atoms with van der Waals surface area (Å²) >= 11 is 0. The highest BCUT2D eigenvalue weighted by atomic mass is 32.2. The summed E-state index contributed by atoms with van der Waals surface area (Å²) in [6, 6.07) is 0. The number of hydrogen-bond acceptors (Lipinski definition) is 1. The standard InChI is InChI=1S/BHO2S/c1-4(2)3/h(H,2,3). The van der Waals surface area contributed by atoms with E-state index < -0.39 is 10.9 Å². The van der Waals surface area contributed by atoms with Gasteiger partial charge in [0.15, 0.2) is 0 Å². The third-order valence-electron chi connectivity index (χ3n) is 0. The maximum atomic E-state index is 8.89. The molecule has 0 saturated heterocycles. The first kappa shape index (κ1) is 4.17. The van der Waals surface area contributed by atoms with Crippen molar-refractivity contribution in [3.63, 3.8) is 0 Å². The largest absolute Gasteiger partial charge is 0.316 e. The lowest BCUT2D eigenvalue weighted by atomic mass is 10.8. The average molecular weight is 75.9 g/mol. The first-order chi connectivity index (χ1) is 1.73. The van der Waals surface area contributed by atoms with Crippen molar-refractivity contribution in [1.82, 2.24) is 0 Å². The monoisotopic (exact) mass is 76.0 g/mol. The smallest absolute Gasteiger partial charge is 0.251 e. The normalized spacial score (nSPS) is 15.2. The highest BCUT2D eigenvalue weighted by molar-refractivity contribution is 8.02. The third kappa shape index (κ3) is 98.1. The number of rotatable bonds is 0. The van der Waals surface area contributed by atoms with Gasteiger partial charge in [-0.15, -0.1) is 0 Å². The SMILES string of the molecule is [B]S(=O)O. The summed E-state index contributed by atoms with van der Waals surface area (Å²) in [5.41, 5.74) is 0. The zero-order valence-electron chi connectivity index (χ0n) is 1.84. The van der Waals surface area contributed by atoms with Crippen molar-refractivity contribution in [3.05, 3.63) is 0 Å². The summed E-state index contributed by atoms with van der Waals surface area (Å²) < 4.78 is 16.2. The summed E-state index contributed by atoms with van der Waals surface area (Å²) in [7, 11) is 2.03. The van der Waals surface area contributed by atoms with Gasteiger partial charge in [-0.2, -0.15) is 0 Å². The summed E-state index contributed by atoms with van der Waals surface area (Å²) in [5.74, 6) is 0. The Labute approximate surface area is 27.8 Å². The maximum absolute atomic E-state index is 8.89. The van der Waals surface area contributed by atoms with E-state index in [2.05, 4.69) is 7.12 Å². The highest BCUT2D eigenvalue weighted by Gasteiger charge is 1.61. The van der Waals surface area contributed by atoms with Crippen LogP contribution < -0.4 is 0 Å².